The molecule has 0 aromatic heterocycles. The second-order valence-electron chi connectivity index (χ2n) is 4.45. The van der Waals surface area contributed by atoms with Gasteiger partial charge in [0.25, 0.3) is 5.69 Å². The number of nitro benzene ring substituents is 1. The molecular formula is C14H11BrClFN2O2. The van der Waals surface area contributed by atoms with Gasteiger partial charge in [0.05, 0.1) is 15.6 Å². The number of nitrogens with zero attached hydrogens (tertiary/aromatic N) is 1. The first-order valence-corrected chi connectivity index (χ1v) is 7.21. The van der Waals surface area contributed by atoms with Crippen molar-refractivity contribution in [2.24, 2.45) is 0 Å². The fraction of sp³-hybridized carbons (Fsp3) is 0.143. The summed E-state index contributed by atoms with van der Waals surface area (Å²) in [6.45, 7) is 1.88. The van der Waals surface area contributed by atoms with Gasteiger partial charge in [0, 0.05) is 22.6 Å². The van der Waals surface area contributed by atoms with Crippen LogP contribution in [0.1, 0.15) is 18.5 Å². The maximum Gasteiger partial charge on any atom is 0.271 e. The van der Waals surface area contributed by atoms with Crippen LogP contribution < -0.4 is 5.32 Å². The van der Waals surface area contributed by atoms with Gasteiger partial charge in [-0.2, -0.15) is 0 Å². The molecule has 0 saturated heterocycles. The third-order valence-corrected chi connectivity index (χ3v) is 3.96. The third-order valence-electron chi connectivity index (χ3n) is 2.96. The normalized spacial score (nSPS) is 12.0. The Morgan fingerprint density at radius 1 is 1.33 bits per heavy atom. The molecule has 0 spiro atoms. The summed E-state index contributed by atoms with van der Waals surface area (Å²) in [6.07, 6.45) is 0. The summed E-state index contributed by atoms with van der Waals surface area (Å²) < 4.78 is 13.7. The highest BCUT2D eigenvalue weighted by Crippen LogP contribution is 2.32. The number of hydrogen-bond acceptors (Lipinski definition) is 3. The highest BCUT2D eigenvalue weighted by molar-refractivity contribution is 9.10. The number of halogens is 3. The topological polar surface area (TPSA) is 55.2 Å². The van der Waals surface area contributed by atoms with Gasteiger partial charge in [0.2, 0.25) is 0 Å². The molecule has 0 amide bonds. The summed E-state index contributed by atoms with van der Waals surface area (Å²) in [6, 6.07) is 8.47. The second-order valence-corrected chi connectivity index (χ2v) is 5.71. The van der Waals surface area contributed by atoms with E-state index in [0.717, 1.165) is 5.56 Å². The van der Waals surface area contributed by atoms with Gasteiger partial charge in [-0.25, -0.2) is 4.39 Å². The Bertz CT molecular complexity index is 697. The molecule has 1 atom stereocenters. The molecule has 0 heterocycles. The number of rotatable bonds is 4. The molecule has 0 aliphatic rings. The maximum atomic E-state index is 13.1. The molecule has 1 N–H and O–H groups in total. The van der Waals surface area contributed by atoms with Crippen LogP contribution in [0.2, 0.25) is 5.02 Å². The lowest BCUT2D eigenvalue weighted by atomic mass is 10.1. The molecule has 2 rings (SSSR count). The second kappa shape index (κ2) is 6.41. The summed E-state index contributed by atoms with van der Waals surface area (Å²) in [4.78, 5) is 10.2. The van der Waals surface area contributed by atoms with Gasteiger partial charge in [-0.3, -0.25) is 10.1 Å². The van der Waals surface area contributed by atoms with E-state index in [2.05, 4.69) is 21.2 Å². The predicted molar refractivity (Wildman–Crippen MR) is 84.2 cm³/mol. The molecule has 0 aliphatic heterocycles. The quantitative estimate of drug-likeness (QED) is 0.582. The lowest BCUT2D eigenvalue weighted by Crippen LogP contribution is -2.08. The molecule has 0 fully saturated rings. The van der Waals surface area contributed by atoms with Crippen LogP contribution in [0.15, 0.2) is 40.9 Å². The SMILES string of the molecule is CC(Nc1ccc([N+](=O)[O-])cc1Cl)c1ccc(F)cc1Br. The van der Waals surface area contributed by atoms with E-state index in [-0.39, 0.29) is 22.6 Å². The summed E-state index contributed by atoms with van der Waals surface area (Å²) in [5.74, 6) is -0.328. The lowest BCUT2D eigenvalue weighted by Gasteiger charge is -2.18. The Hall–Kier alpha value is -1.66. The minimum absolute atomic E-state index is 0.0684. The zero-order chi connectivity index (χ0) is 15.6. The van der Waals surface area contributed by atoms with Crippen molar-refractivity contribution in [1.82, 2.24) is 0 Å². The molecule has 2 aromatic carbocycles. The van der Waals surface area contributed by atoms with Crippen LogP contribution in [0, 0.1) is 15.9 Å². The molecule has 2 aromatic rings. The molecule has 7 heteroatoms. The van der Waals surface area contributed by atoms with Crippen LogP contribution in [-0.4, -0.2) is 4.92 Å². The predicted octanol–water partition coefficient (Wildman–Crippen LogP) is 5.32. The molecular weight excluding hydrogens is 363 g/mol. The molecule has 4 nitrogen and oxygen atoms in total. The summed E-state index contributed by atoms with van der Waals surface area (Å²) in [5.41, 5.74) is 1.36. The van der Waals surface area contributed by atoms with Crippen molar-refractivity contribution in [2.75, 3.05) is 5.32 Å². The van der Waals surface area contributed by atoms with Crippen molar-refractivity contribution in [3.63, 3.8) is 0 Å². The van der Waals surface area contributed by atoms with Crippen molar-refractivity contribution in [3.8, 4) is 0 Å². The largest absolute Gasteiger partial charge is 0.377 e. The molecule has 110 valence electrons. The number of non-ortho nitro benzene ring substituents is 1. The van der Waals surface area contributed by atoms with E-state index in [9.17, 15) is 14.5 Å². The summed E-state index contributed by atoms with van der Waals surface area (Å²) in [5, 5.41) is 14.1. The highest BCUT2D eigenvalue weighted by Gasteiger charge is 2.14. The molecule has 1 unspecified atom stereocenters. The minimum Gasteiger partial charge on any atom is -0.377 e. The first kappa shape index (κ1) is 15.7. The van der Waals surface area contributed by atoms with Crippen LogP contribution in [-0.2, 0) is 0 Å². The van der Waals surface area contributed by atoms with Crippen molar-refractivity contribution in [1.29, 1.82) is 0 Å². The van der Waals surface area contributed by atoms with Crippen molar-refractivity contribution in [2.45, 2.75) is 13.0 Å². The lowest BCUT2D eigenvalue weighted by molar-refractivity contribution is -0.384. The van der Waals surface area contributed by atoms with Gasteiger partial charge in [-0.15, -0.1) is 0 Å². The summed E-state index contributed by atoms with van der Waals surface area (Å²) >= 11 is 9.34. The standard InChI is InChI=1S/C14H11BrClFN2O2/c1-8(11-4-2-9(17)6-12(11)15)18-14-5-3-10(19(20)21)7-13(14)16/h2-8,18H,1H3. The van der Waals surface area contributed by atoms with Crippen LogP contribution in [0.5, 0.6) is 0 Å². The van der Waals surface area contributed by atoms with Gasteiger partial charge in [0.1, 0.15) is 5.82 Å². The number of nitro groups is 1. The van der Waals surface area contributed by atoms with Gasteiger partial charge in [-0.05, 0) is 30.7 Å². The van der Waals surface area contributed by atoms with E-state index in [1.165, 1.54) is 24.3 Å². The van der Waals surface area contributed by atoms with Gasteiger partial charge >= 0.3 is 0 Å². The zero-order valence-electron chi connectivity index (χ0n) is 10.9. The first-order valence-electron chi connectivity index (χ1n) is 6.04. The van der Waals surface area contributed by atoms with Crippen LogP contribution >= 0.6 is 27.5 Å². The van der Waals surface area contributed by atoms with Crippen LogP contribution in [0.3, 0.4) is 0 Å². The van der Waals surface area contributed by atoms with E-state index in [1.807, 2.05) is 6.92 Å². The molecule has 0 radical (unpaired) electrons. The highest BCUT2D eigenvalue weighted by atomic mass is 79.9. The Kier molecular flexibility index (Phi) is 4.80. The van der Waals surface area contributed by atoms with Gasteiger partial charge < -0.3 is 5.32 Å². The van der Waals surface area contributed by atoms with E-state index in [0.29, 0.717) is 10.2 Å². The number of hydrogen-bond donors (Lipinski definition) is 1. The first-order chi connectivity index (χ1) is 9.88. The fourth-order valence-corrected chi connectivity index (χ4v) is 2.82. The van der Waals surface area contributed by atoms with Crippen molar-refractivity contribution < 1.29 is 9.31 Å². The average molecular weight is 374 g/mol. The average Bonchev–Trinajstić information content (AvgIpc) is 2.40. The minimum atomic E-state index is -0.504. The van der Waals surface area contributed by atoms with Crippen LogP contribution in [0.4, 0.5) is 15.8 Å². The molecule has 0 aliphatic carbocycles. The van der Waals surface area contributed by atoms with E-state index < -0.39 is 4.92 Å². The fourth-order valence-electron chi connectivity index (χ4n) is 1.90. The molecule has 0 bridgehead atoms. The third kappa shape index (κ3) is 3.71. The number of nitrogens with one attached hydrogen (secondary N) is 1. The summed E-state index contributed by atoms with van der Waals surface area (Å²) in [7, 11) is 0. The monoisotopic (exact) mass is 372 g/mol. The van der Waals surface area contributed by atoms with Crippen molar-refractivity contribution >= 4 is 38.9 Å². The number of benzene rings is 2. The Morgan fingerprint density at radius 2 is 2.05 bits per heavy atom. The van der Waals surface area contributed by atoms with E-state index in [1.54, 1.807) is 12.1 Å². The van der Waals surface area contributed by atoms with Crippen LogP contribution in [0.25, 0.3) is 0 Å². The Labute approximate surface area is 134 Å². The Balaban J connectivity index is 2.23. The van der Waals surface area contributed by atoms with Gasteiger partial charge in [-0.1, -0.05) is 33.6 Å². The number of anilines is 1. The van der Waals surface area contributed by atoms with E-state index >= 15 is 0 Å². The maximum absolute atomic E-state index is 13.1. The smallest absolute Gasteiger partial charge is 0.271 e. The van der Waals surface area contributed by atoms with Crippen molar-refractivity contribution in [3.05, 3.63) is 67.4 Å². The Morgan fingerprint density at radius 3 is 2.62 bits per heavy atom. The zero-order valence-corrected chi connectivity index (χ0v) is 13.3. The molecule has 21 heavy (non-hydrogen) atoms. The van der Waals surface area contributed by atoms with E-state index in [4.69, 9.17) is 11.6 Å². The molecule has 0 saturated carbocycles. The van der Waals surface area contributed by atoms with Gasteiger partial charge in [0.15, 0.2) is 0 Å².